The lowest BCUT2D eigenvalue weighted by Crippen LogP contribution is -2.26. The molecule has 2 N–H and O–H groups in total. The number of hydrogen-bond acceptors (Lipinski definition) is 13. The Kier molecular flexibility index (Phi) is 24.1. The summed E-state index contributed by atoms with van der Waals surface area (Å²) in [5, 5.41) is 1.68. The Bertz CT molecular complexity index is 7270. The van der Waals surface area contributed by atoms with Crippen LogP contribution in [0, 0.1) is 27.7 Å². The summed E-state index contributed by atoms with van der Waals surface area (Å²) < 4.78 is 8.99. The summed E-state index contributed by atoms with van der Waals surface area (Å²) in [6, 6.07) is 104. The molecule has 0 saturated heterocycles. The van der Waals surface area contributed by atoms with Crippen molar-refractivity contribution in [1.29, 1.82) is 0 Å². The SMILES string of the molecule is CCCn1c(=O)c(-c2cccc(C)c2)nc2ccccc21.CCn1c(=O)c(-c2cccc(C)c2)nc2ccccc21.Cc1ccc(N)c(-c2nc3ccccc3n(Cc3ccccc3)c2=O)c1.Cc1cccc(-c2nc3ccccc3n(Cc3ccccc3)c2=O)c1.O=c1c(-c2ccc3c(c2)=NCN=3)nc2ccccc2n1Cc1ccccc1. The summed E-state index contributed by atoms with van der Waals surface area (Å²) >= 11 is 0. The van der Waals surface area contributed by atoms with Crippen LogP contribution in [-0.2, 0) is 32.7 Å². The van der Waals surface area contributed by atoms with Crippen LogP contribution in [0.15, 0.2) is 355 Å². The van der Waals surface area contributed by atoms with E-state index in [1.165, 1.54) is 0 Å². The van der Waals surface area contributed by atoms with Gasteiger partial charge in [-0.2, -0.15) is 0 Å². The largest absolute Gasteiger partial charge is 0.398 e. The second kappa shape index (κ2) is 36.2. The Morgan fingerprint density at radius 2 is 0.597 bits per heavy atom. The summed E-state index contributed by atoms with van der Waals surface area (Å²) in [6.07, 6.45) is 0.918. The number of benzene rings is 13. The fourth-order valence-electron chi connectivity index (χ4n) is 14.8. The van der Waals surface area contributed by atoms with Crippen molar-refractivity contribution in [2.45, 2.75) is 80.7 Å². The van der Waals surface area contributed by atoms with Crippen molar-refractivity contribution in [3.05, 3.63) is 423 Å². The van der Waals surface area contributed by atoms with E-state index in [0.717, 1.165) is 134 Å². The minimum atomic E-state index is -0.134. The number of hydrogen-bond donors (Lipinski definition) is 1. The van der Waals surface area contributed by atoms with E-state index >= 15 is 0 Å². The highest BCUT2D eigenvalue weighted by Gasteiger charge is 2.20. The average molecular weight is 1560 g/mol. The molecular weight excluding hydrogens is 1480 g/mol. The average Bonchev–Trinajstić information content (AvgIpc) is 1.43. The molecule has 18 aromatic rings. The van der Waals surface area contributed by atoms with Gasteiger partial charge in [0.25, 0.3) is 27.8 Å². The molecule has 19 rings (SSSR count). The summed E-state index contributed by atoms with van der Waals surface area (Å²) in [5.74, 6) is 0. The van der Waals surface area contributed by atoms with Gasteiger partial charge in [0.15, 0.2) is 0 Å². The first-order chi connectivity index (χ1) is 58.0. The van der Waals surface area contributed by atoms with Gasteiger partial charge in [0.05, 0.1) is 85.5 Å². The predicted octanol–water partition coefficient (Wildman–Crippen LogP) is 17.9. The van der Waals surface area contributed by atoms with Gasteiger partial charge in [-0.1, -0.05) is 248 Å². The molecule has 0 atom stereocenters. The van der Waals surface area contributed by atoms with Crippen LogP contribution in [0.4, 0.5) is 5.69 Å². The van der Waals surface area contributed by atoms with E-state index in [-0.39, 0.29) is 27.8 Å². The molecule has 0 unspecified atom stereocenters. The molecule has 0 fully saturated rings. The third-order valence-electron chi connectivity index (χ3n) is 20.6. The minimum Gasteiger partial charge on any atom is -0.398 e. The number of nitrogens with two attached hydrogens (primary N) is 1. The van der Waals surface area contributed by atoms with Crippen LogP contribution in [0.25, 0.3) is 111 Å². The van der Waals surface area contributed by atoms with Gasteiger partial charge in [0.1, 0.15) is 35.1 Å². The number of rotatable bonds is 14. The van der Waals surface area contributed by atoms with Gasteiger partial charge < -0.3 is 28.6 Å². The van der Waals surface area contributed by atoms with Crippen molar-refractivity contribution in [3.63, 3.8) is 0 Å². The van der Waals surface area contributed by atoms with E-state index in [1.54, 1.807) is 13.7 Å². The topological polar surface area (TPSA) is 225 Å². The van der Waals surface area contributed by atoms with Crippen LogP contribution in [0.5, 0.6) is 0 Å². The number of nitrogens with zero attached hydrogens (tertiary/aromatic N) is 12. The molecule has 0 bridgehead atoms. The summed E-state index contributed by atoms with van der Waals surface area (Å²) in [5.41, 5.74) is 28.9. The molecule has 13 aromatic carbocycles. The first kappa shape index (κ1) is 79.2. The Labute approximate surface area is 686 Å². The Morgan fingerprint density at radius 3 is 0.975 bits per heavy atom. The standard InChI is InChI=1S/C22H16N4O.C22H19N3O.C22H18N2O.C18H18N2O.C17H16N2O/c27-22-21(16-10-11-17-19(12-16)24-14-23-17)25-18-8-4-5-9-20(18)26(22)13-15-6-2-1-3-7-15;1-15-11-12-18(23)17(13-15)21-22(26)25(14-16-7-3-2-4-8-16)20-10-6-5-9-19(20)24-21;1-16-8-7-11-18(14-16)21-22(25)24(15-17-9-3-2-4-10-17)20-13-6-5-12-19(20)23-21;1-3-11-20-16-10-5-4-9-15(16)19-17(18(20)21)14-8-6-7-13(2)12-14;1-3-19-15-10-5-4-9-14(15)18-16(17(19)20)13-8-6-7-12(2)11-13/h1-12H,13-14H2;2-13H,14,23H2,1H3;2-14H,15H2,1H3;4-10,12H,3,11H2,1-2H3;4-11H,3H2,1-2H3. The van der Waals surface area contributed by atoms with Crippen LogP contribution in [0.3, 0.4) is 0 Å². The maximum atomic E-state index is 13.3. The molecule has 586 valence electrons. The molecule has 119 heavy (non-hydrogen) atoms. The van der Waals surface area contributed by atoms with Crippen LogP contribution in [-0.4, -0.2) is 54.4 Å². The molecule has 18 heteroatoms. The van der Waals surface area contributed by atoms with E-state index in [0.29, 0.717) is 79.1 Å². The Hall–Kier alpha value is -15.0. The molecule has 0 amide bonds. The molecule has 0 radical (unpaired) electrons. The van der Waals surface area contributed by atoms with Crippen molar-refractivity contribution < 1.29 is 0 Å². The Morgan fingerprint density at radius 1 is 0.286 bits per heavy atom. The molecule has 0 saturated carbocycles. The molecule has 0 aliphatic carbocycles. The zero-order chi connectivity index (χ0) is 82.5. The van der Waals surface area contributed by atoms with Crippen LogP contribution in [0.2, 0.25) is 0 Å². The number of anilines is 1. The van der Waals surface area contributed by atoms with Crippen molar-refractivity contribution in [2.75, 3.05) is 12.4 Å². The number of para-hydroxylation sites is 10. The fourth-order valence-corrected chi connectivity index (χ4v) is 14.8. The Balaban J connectivity index is 0.000000117. The molecule has 0 spiro atoms. The number of fused-ring (bicyclic) bond motifs is 6. The summed E-state index contributed by atoms with van der Waals surface area (Å²) in [6.45, 7) is 15.4. The van der Waals surface area contributed by atoms with Gasteiger partial charge >= 0.3 is 0 Å². The molecule has 6 heterocycles. The van der Waals surface area contributed by atoms with Crippen molar-refractivity contribution in [1.82, 2.24) is 47.8 Å². The van der Waals surface area contributed by atoms with Gasteiger partial charge in [-0.25, -0.2) is 24.9 Å². The smallest absolute Gasteiger partial charge is 0.277 e. The predicted molar refractivity (Wildman–Crippen MR) is 480 cm³/mol. The molecular formula is C101H87N13O5. The normalized spacial score (nSPS) is 11.3. The minimum absolute atomic E-state index is 0.0128. The summed E-state index contributed by atoms with van der Waals surface area (Å²) in [7, 11) is 0. The lowest BCUT2D eigenvalue weighted by Gasteiger charge is -2.14. The second-order valence-electron chi connectivity index (χ2n) is 29.2. The third-order valence-corrected chi connectivity index (χ3v) is 20.6. The monoisotopic (exact) mass is 1560 g/mol. The van der Waals surface area contributed by atoms with Crippen molar-refractivity contribution in [3.8, 4) is 56.3 Å². The zero-order valence-corrected chi connectivity index (χ0v) is 67.0. The van der Waals surface area contributed by atoms with Crippen LogP contribution in [0.1, 0.15) is 59.2 Å². The quantitative estimate of drug-likeness (QED) is 0.101. The number of aromatic nitrogens is 10. The highest BCUT2D eigenvalue weighted by atomic mass is 16.1. The maximum absolute atomic E-state index is 13.3. The highest BCUT2D eigenvalue weighted by molar-refractivity contribution is 5.84. The zero-order valence-electron chi connectivity index (χ0n) is 67.0. The number of nitrogen functional groups attached to an aromatic ring is 1. The van der Waals surface area contributed by atoms with E-state index in [9.17, 15) is 24.0 Å². The molecule has 18 nitrogen and oxygen atoms in total. The first-order valence-corrected chi connectivity index (χ1v) is 39.7. The van der Waals surface area contributed by atoms with E-state index in [2.05, 4.69) is 41.8 Å². The van der Waals surface area contributed by atoms with Gasteiger partial charge in [-0.05, 0) is 161 Å². The van der Waals surface area contributed by atoms with Crippen LogP contribution >= 0.6 is 0 Å². The first-order valence-electron chi connectivity index (χ1n) is 39.7. The lowest BCUT2D eigenvalue weighted by molar-refractivity contribution is 0.676. The van der Waals surface area contributed by atoms with Crippen LogP contribution < -0.4 is 44.2 Å². The molecule has 1 aliphatic rings. The molecule has 1 aliphatic heterocycles. The van der Waals surface area contributed by atoms with E-state index in [4.69, 9.17) is 5.73 Å². The maximum Gasteiger partial charge on any atom is 0.277 e. The highest BCUT2D eigenvalue weighted by Crippen LogP contribution is 2.28. The van der Waals surface area contributed by atoms with Gasteiger partial charge in [-0.3, -0.25) is 34.0 Å². The van der Waals surface area contributed by atoms with E-state index < -0.39 is 0 Å². The second-order valence-corrected chi connectivity index (χ2v) is 29.2. The number of aryl methyl sites for hydroxylation is 6. The third kappa shape index (κ3) is 17.8. The van der Waals surface area contributed by atoms with Crippen molar-refractivity contribution >= 4 is 60.9 Å². The van der Waals surface area contributed by atoms with Gasteiger partial charge in [0, 0.05) is 46.6 Å². The summed E-state index contributed by atoms with van der Waals surface area (Å²) in [4.78, 5) is 97.0. The van der Waals surface area contributed by atoms with Gasteiger partial charge in [-0.15, -0.1) is 0 Å². The van der Waals surface area contributed by atoms with E-state index in [1.807, 2.05) is 365 Å². The fraction of sp³-hybridized carbons (Fsp3) is 0.129. The van der Waals surface area contributed by atoms with Crippen molar-refractivity contribution in [2.24, 2.45) is 9.98 Å². The molecule has 5 aromatic heterocycles. The van der Waals surface area contributed by atoms with Gasteiger partial charge in [0.2, 0.25) is 0 Å². The lowest BCUT2D eigenvalue weighted by atomic mass is 10.1.